The largest absolute Gasteiger partial charge is 0.496 e. The maximum atomic E-state index is 13.3. The first-order valence-corrected chi connectivity index (χ1v) is 9.42. The summed E-state index contributed by atoms with van der Waals surface area (Å²) in [5, 5.41) is 13.7. The molecule has 3 rings (SSSR count). The Labute approximate surface area is 169 Å². The summed E-state index contributed by atoms with van der Waals surface area (Å²) in [6.45, 7) is 0.810. The molecule has 0 aliphatic heterocycles. The zero-order valence-corrected chi connectivity index (χ0v) is 16.6. The van der Waals surface area contributed by atoms with Crippen molar-refractivity contribution in [3.63, 3.8) is 0 Å². The van der Waals surface area contributed by atoms with E-state index in [4.69, 9.17) is 9.47 Å². The van der Waals surface area contributed by atoms with Gasteiger partial charge in [-0.05, 0) is 23.8 Å². The Morgan fingerprint density at radius 1 is 1.17 bits per heavy atom. The van der Waals surface area contributed by atoms with E-state index in [1.165, 1.54) is 12.1 Å². The third kappa shape index (κ3) is 5.63. The Kier molecular flexibility index (Phi) is 7.35. The zero-order valence-electron chi connectivity index (χ0n) is 16.6. The number of nitrogens with zero attached hydrogens (tertiary/aromatic N) is 2. The number of halogens is 1. The summed E-state index contributed by atoms with van der Waals surface area (Å²) in [5.41, 5.74) is 1.79. The van der Waals surface area contributed by atoms with Gasteiger partial charge in [0.1, 0.15) is 17.4 Å². The van der Waals surface area contributed by atoms with Crippen LogP contribution in [-0.4, -0.2) is 41.0 Å². The molecule has 0 fully saturated rings. The van der Waals surface area contributed by atoms with E-state index >= 15 is 0 Å². The molecule has 2 aromatic carbocycles. The molecule has 3 aromatic rings. The van der Waals surface area contributed by atoms with Crippen molar-refractivity contribution in [3.8, 4) is 5.75 Å². The van der Waals surface area contributed by atoms with Crippen LogP contribution in [0.5, 0.6) is 5.75 Å². The molecule has 0 amide bonds. The highest BCUT2D eigenvalue weighted by atomic mass is 19.1. The first-order valence-electron chi connectivity index (χ1n) is 9.42. The van der Waals surface area contributed by atoms with E-state index in [0.29, 0.717) is 13.2 Å². The van der Waals surface area contributed by atoms with Crippen LogP contribution in [-0.2, 0) is 18.4 Å². The van der Waals surface area contributed by atoms with Gasteiger partial charge in [-0.1, -0.05) is 30.3 Å². The van der Waals surface area contributed by atoms with Gasteiger partial charge in [0.05, 0.1) is 32.5 Å². The van der Waals surface area contributed by atoms with Gasteiger partial charge in [-0.25, -0.2) is 9.37 Å². The second-order valence-corrected chi connectivity index (χ2v) is 6.77. The minimum atomic E-state index is -0.715. The van der Waals surface area contributed by atoms with Crippen molar-refractivity contribution in [2.45, 2.75) is 18.8 Å². The number of aryl methyl sites for hydroxylation is 1. The van der Waals surface area contributed by atoms with Crippen LogP contribution in [0.4, 0.5) is 4.39 Å². The van der Waals surface area contributed by atoms with Crippen LogP contribution in [0.2, 0.25) is 0 Å². The van der Waals surface area contributed by atoms with Crippen LogP contribution in [0.25, 0.3) is 0 Å². The molecule has 0 radical (unpaired) electrons. The maximum Gasteiger partial charge on any atom is 0.130 e. The molecule has 2 atom stereocenters. The normalized spacial score (nSPS) is 13.2. The number of hydrogen-bond donors (Lipinski definition) is 2. The van der Waals surface area contributed by atoms with Crippen LogP contribution < -0.4 is 10.1 Å². The van der Waals surface area contributed by atoms with Gasteiger partial charge < -0.3 is 24.5 Å². The predicted molar refractivity (Wildman–Crippen MR) is 108 cm³/mol. The number of methoxy groups -OCH3 is 1. The minimum absolute atomic E-state index is 0.168. The third-order valence-corrected chi connectivity index (χ3v) is 4.64. The van der Waals surface area contributed by atoms with Crippen LogP contribution in [0.1, 0.15) is 23.0 Å². The van der Waals surface area contributed by atoms with Gasteiger partial charge in [0.15, 0.2) is 0 Å². The van der Waals surface area contributed by atoms with E-state index in [9.17, 15) is 9.50 Å². The van der Waals surface area contributed by atoms with Crippen molar-refractivity contribution >= 4 is 0 Å². The molecule has 0 bridgehead atoms. The first-order chi connectivity index (χ1) is 14.1. The van der Waals surface area contributed by atoms with Gasteiger partial charge in [-0.15, -0.1) is 0 Å². The second kappa shape index (κ2) is 10.2. The molecule has 154 valence electrons. The lowest BCUT2D eigenvalue weighted by Gasteiger charge is -2.21. The smallest absolute Gasteiger partial charge is 0.130 e. The lowest BCUT2D eigenvalue weighted by molar-refractivity contribution is 0.0273. The van der Waals surface area contributed by atoms with Crippen molar-refractivity contribution in [1.82, 2.24) is 14.9 Å². The Morgan fingerprint density at radius 2 is 1.93 bits per heavy atom. The lowest BCUT2D eigenvalue weighted by Crippen LogP contribution is -2.34. The molecular weight excluding hydrogens is 373 g/mol. The van der Waals surface area contributed by atoms with Gasteiger partial charge in [-0.2, -0.15) is 0 Å². The highest BCUT2D eigenvalue weighted by molar-refractivity contribution is 5.32. The molecule has 0 saturated heterocycles. The first kappa shape index (κ1) is 21.0. The number of benzene rings is 2. The summed E-state index contributed by atoms with van der Waals surface area (Å²) in [4.78, 5) is 4.39. The summed E-state index contributed by atoms with van der Waals surface area (Å²) in [6, 6.07) is 13.6. The SMILES string of the molecule is COc1ccccc1COC[C@@H](O)CN[C@H](c1ccc(F)cc1)c1nccn1C. The number of imidazole rings is 1. The van der Waals surface area contributed by atoms with Crippen molar-refractivity contribution in [1.29, 1.82) is 0 Å². The molecule has 0 spiro atoms. The molecule has 0 aliphatic rings. The van der Waals surface area contributed by atoms with E-state index in [1.807, 2.05) is 42.1 Å². The predicted octanol–water partition coefficient (Wildman–Crippen LogP) is 2.82. The molecule has 29 heavy (non-hydrogen) atoms. The van der Waals surface area contributed by atoms with Gasteiger partial charge in [0, 0.05) is 31.5 Å². The molecule has 0 unspecified atom stereocenters. The third-order valence-electron chi connectivity index (χ3n) is 4.64. The van der Waals surface area contributed by atoms with Crippen molar-refractivity contribution in [2.75, 3.05) is 20.3 Å². The minimum Gasteiger partial charge on any atom is -0.496 e. The fraction of sp³-hybridized carbons (Fsp3) is 0.318. The Balaban J connectivity index is 1.57. The topological polar surface area (TPSA) is 68.5 Å². The summed E-state index contributed by atoms with van der Waals surface area (Å²) >= 11 is 0. The average Bonchev–Trinajstić information content (AvgIpc) is 3.15. The summed E-state index contributed by atoms with van der Waals surface area (Å²) in [7, 11) is 3.51. The Hall–Kier alpha value is -2.74. The summed E-state index contributed by atoms with van der Waals surface area (Å²) in [5.74, 6) is 1.24. The van der Waals surface area contributed by atoms with Crippen LogP contribution in [0, 0.1) is 5.82 Å². The molecule has 7 heteroatoms. The monoisotopic (exact) mass is 399 g/mol. The quantitative estimate of drug-likeness (QED) is 0.549. The highest BCUT2D eigenvalue weighted by Crippen LogP contribution is 2.21. The number of nitrogens with one attached hydrogen (secondary N) is 1. The summed E-state index contributed by atoms with van der Waals surface area (Å²) in [6.07, 6.45) is 2.84. The zero-order chi connectivity index (χ0) is 20.6. The van der Waals surface area contributed by atoms with Gasteiger partial charge in [0.2, 0.25) is 0 Å². The van der Waals surface area contributed by atoms with Gasteiger partial charge in [0.25, 0.3) is 0 Å². The molecular formula is C22H26FN3O3. The molecule has 2 N–H and O–H groups in total. The van der Waals surface area contributed by atoms with E-state index in [0.717, 1.165) is 22.7 Å². The van der Waals surface area contributed by atoms with Crippen LogP contribution in [0.3, 0.4) is 0 Å². The van der Waals surface area contributed by atoms with Crippen molar-refractivity contribution in [2.24, 2.45) is 7.05 Å². The highest BCUT2D eigenvalue weighted by Gasteiger charge is 2.19. The van der Waals surface area contributed by atoms with Gasteiger partial charge in [-0.3, -0.25) is 0 Å². The van der Waals surface area contributed by atoms with E-state index in [-0.39, 0.29) is 18.5 Å². The molecule has 1 aromatic heterocycles. The fourth-order valence-corrected chi connectivity index (χ4v) is 3.11. The number of rotatable bonds is 10. The summed E-state index contributed by atoms with van der Waals surface area (Å²) < 4.78 is 26.2. The molecule has 0 saturated carbocycles. The average molecular weight is 399 g/mol. The van der Waals surface area contributed by atoms with Crippen molar-refractivity contribution < 1.29 is 19.0 Å². The second-order valence-electron chi connectivity index (χ2n) is 6.77. The number of aliphatic hydroxyl groups is 1. The molecule has 6 nitrogen and oxygen atoms in total. The Bertz CT molecular complexity index is 898. The Morgan fingerprint density at radius 3 is 2.62 bits per heavy atom. The van der Waals surface area contributed by atoms with Gasteiger partial charge >= 0.3 is 0 Å². The number of aromatic nitrogens is 2. The van der Waals surface area contributed by atoms with Crippen LogP contribution >= 0.6 is 0 Å². The number of ether oxygens (including phenoxy) is 2. The van der Waals surface area contributed by atoms with E-state index in [1.54, 1.807) is 25.4 Å². The maximum absolute atomic E-state index is 13.3. The van der Waals surface area contributed by atoms with Crippen molar-refractivity contribution in [3.05, 3.63) is 83.7 Å². The number of para-hydroxylation sites is 1. The number of hydrogen-bond acceptors (Lipinski definition) is 5. The number of aliphatic hydroxyl groups excluding tert-OH is 1. The van der Waals surface area contributed by atoms with E-state index < -0.39 is 6.10 Å². The van der Waals surface area contributed by atoms with E-state index in [2.05, 4.69) is 10.3 Å². The fourth-order valence-electron chi connectivity index (χ4n) is 3.11. The molecule has 1 heterocycles. The lowest BCUT2D eigenvalue weighted by atomic mass is 10.1. The standard InChI is InChI=1S/C22H26FN3O3/c1-26-12-11-24-22(26)21(16-7-9-18(23)10-8-16)25-13-19(27)15-29-14-17-5-3-4-6-20(17)28-2/h3-12,19,21,25,27H,13-15H2,1-2H3/t19-,21+/m0/s1. The molecule has 0 aliphatic carbocycles. The van der Waals surface area contributed by atoms with Crippen LogP contribution in [0.15, 0.2) is 60.9 Å².